The number of benzene rings is 2. The number of hydrogen-bond acceptors (Lipinski definition) is 4. The fourth-order valence-corrected chi connectivity index (χ4v) is 4.52. The van der Waals surface area contributed by atoms with Gasteiger partial charge in [-0.3, -0.25) is 4.79 Å². The van der Waals surface area contributed by atoms with Gasteiger partial charge in [0.05, 0.1) is 12.8 Å². The zero-order valence-electron chi connectivity index (χ0n) is 16.2. The zero-order valence-corrected chi connectivity index (χ0v) is 17.0. The first-order valence-electron chi connectivity index (χ1n) is 9.26. The highest BCUT2D eigenvalue weighted by Crippen LogP contribution is 2.31. The Morgan fingerprint density at radius 2 is 1.83 bits per heavy atom. The van der Waals surface area contributed by atoms with Crippen LogP contribution < -0.4 is 9.64 Å². The molecule has 2 aromatic rings. The number of para-hydroxylation sites is 2. The number of carbonyl (C=O) groups is 1. The lowest BCUT2D eigenvalue weighted by Gasteiger charge is -2.33. The van der Waals surface area contributed by atoms with Gasteiger partial charge in [-0.15, -0.1) is 4.40 Å². The van der Waals surface area contributed by atoms with Crippen LogP contribution in [0.2, 0.25) is 0 Å². The monoisotopic (exact) mass is 411 g/mol. The van der Waals surface area contributed by atoms with E-state index in [0.29, 0.717) is 17.9 Å². The maximum atomic E-state index is 13.4. The predicted octanol–water partition coefficient (Wildman–Crippen LogP) is 2.54. The normalized spacial score (nSPS) is 17.9. The number of amides is 1. The van der Waals surface area contributed by atoms with Gasteiger partial charge in [0.15, 0.2) is 0 Å². The molecule has 7 nitrogen and oxygen atoms in total. The minimum absolute atomic E-state index is 0.0533. The van der Waals surface area contributed by atoms with Gasteiger partial charge in [0, 0.05) is 24.8 Å². The third kappa shape index (κ3) is 3.40. The highest BCUT2D eigenvalue weighted by atomic mass is 32.2. The van der Waals surface area contributed by atoms with Crippen molar-refractivity contribution in [1.82, 2.24) is 4.31 Å². The number of carbonyl (C=O) groups excluding carboxylic acids is 1. The molecule has 0 saturated carbocycles. The molecular weight excluding hydrogens is 390 g/mol. The number of likely N-dealkylation sites (N-methyl/N-ethyl adjacent to an activating group) is 1. The Kier molecular flexibility index (Phi) is 4.87. The Labute approximate surface area is 170 Å². The molecule has 0 N–H and O–H groups in total. The molecule has 0 unspecified atom stereocenters. The van der Waals surface area contributed by atoms with E-state index in [4.69, 9.17) is 4.74 Å². The highest BCUT2D eigenvalue weighted by Gasteiger charge is 2.34. The number of anilines is 1. The van der Waals surface area contributed by atoms with Crippen LogP contribution in [-0.2, 0) is 21.4 Å². The summed E-state index contributed by atoms with van der Waals surface area (Å²) in [7, 11) is -1.20. The molecule has 0 aromatic heterocycles. The van der Waals surface area contributed by atoms with Crippen LogP contribution in [-0.4, -0.2) is 45.0 Å². The molecule has 2 aliphatic heterocycles. The Balaban J connectivity index is 1.80. The van der Waals surface area contributed by atoms with Gasteiger partial charge < -0.3 is 9.64 Å². The van der Waals surface area contributed by atoms with Crippen molar-refractivity contribution in [2.24, 2.45) is 4.40 Å². The molecule has 2 heterocycles. The number of ether oxygens (including phenoxy) is 1. The van der Waals surface area contributed by atoms with E-state index in [-0.39, 0.29) is 17.3 Å². The second-order valence-electron chi connectivity index (χ2n) is 6.84. The summed E-state index contributed by atoms with van der Waals surface area (Å²) < 4.78 is 35.5. The minimum Gasteiger partial charge on any atom is -0.496 e. The fourth-order valence-electron chi connectivity index (χ4n) is 3.62. The number of rotatable bonds is 3. The quantitative estimate of drug-likeness (QED) is 0.778. The molecule has 0 fully saturated rings. The third-order valence-corrected chi connectivity index (χ3v) is 6.45. The van der Waals surface area contributed by atoms with E-state index in [9.17, 15) is 13.2 Å². The van der Waals surface area contributed by atoms with Crippen LogP contribution in [0.4, 0.5) is 5.69 Å². The fraction of sp³-hybridized carbons (Fsp3) is 0.238. The van der Waals surface area contributed by atoms with Crippen LogP contribution in [0.1, 0.15) is 17.5 Å². The lowest BCUT2D eigenvalue weighted by atomic mass is 10.0. The maximum absolute atomic E-state index is 13.4. The smallest absolute Gasteiger partial charge is 0.345 e. The maximum Gasteiger partial charge on any atom is 0.345 e. The van der Waals surface area contributed by atoms with E-state index in [2.05, 4.69) is 4.40 Å². The molecular formula is C21H21N3O4S. The molecule has 29 heavy (non-hydrogen) atoms. The Morgan fingerprint density at radius 3 is 2.62 bits per heavy atom. The summed E-state index contributed by atoms with van der Waals surface area (Å²) in [5.74, 6) is 0.114. The molecule has 0 spiro atoms. The SMILES string of the molecule is COc1ccccc1C1=NS(=O)(=O)N(C)C(C(=O)N2CCCc3ccccc32)=C1. The van der Waals surface area contributed by atoms with Crippen LogP contribution in [0, 0.1) is 0 Å². The summed E-state index contributed by atoms with van der Waals surface area (Å²) in [6.07, 6.45) is 3.22. The third-order valence-electron chi connectivity index (χ3n) is 5.13. The summed E-state index contributed by atoms with van der Waals surface area (Å²) in [4.78, 5) is 15.1. The second kappa shape index (κ2) is 7.36. The summed E-state index contributed by atoms with van der Waals surface area (Å²) in [6.45, 7) is 0.530. The number of hydrogen-bond donors (Lipinski definition) is 0. The number of aryl methyl sites for hydroxylation is 1. The average Bonchev–Trinajstić information content (AvgIpc) is 2.74. The van der Waals surface area contributed by atoms with E-state index in [1.807, 2.05) is 24.3 Å². The van der Waals surface area contributed by atoms with Gasteiger partial charge in [-0.1, -0.05) is 30.3 Å². The molecule has 8 heteroatoms. The van der Waals surface area contributed by atoms with Crippen LogP contribution in [0.3, 0.4) is 0 Å². The molecule has 0 saturated heterocycles. The molecule has 0 radical (unpaired) electrons. The van der Waals surface area contributed by atoms with Gasteiger partial charge in [-0.05, 0) is 42.7 Å². The van der Waals surface area contributed by atoms with Gasteiger partial charge in [-0.2, -0.15) is 8.42 Å². The topological polar surface area (TPSA) is 79.3 Å². The summed E-state index contributed by atoms with van der Waals surface area (Å²) >= 11 is 0. The van der Waals surface area contributed by atoms with E-state index in [1.54, 1.807) is 29.2 Å². The standard InChI is InChI=1S/C21H21N3O4S/c1-23-19(21(25)24-13-7-9-15-8-3-5-11-18(15)24)14-17(22-29(23,26)27)16-10-4-6-12-20(16)28-2/h3-6,8,10-12,14H,7,9,13H2,1-2H3. The molecule has 2 aliphatic rings. The van der Waals surface area contributed by atoms with Crippen molar-refractivity contribution < 1.29 is 17.9 Å². The van der Waals surface area contributed by atoms with Crippen molar-refractivity contribution in [3.05, 3.63) is 71.4 Å². The highest BCUT2D eigenvalue weighted by molar-refractivity contribution is 7.88. The first kappa shape index (κ1) is 19.2. The summed E-state index contributed by atoms with van der Waals surface area (Å²) in [6, 6.07) is 14.7. The summed E-state index contributed by atoms with van der Waals surface area (Å²) in [5, 5.41) is 0. The lowest BCUT2D eigenvalue weighted by Crippen LogP contribution is -2.43. The van der Waals surface area contributed by atoms with Crippen molar-refractivity contribution in [2.45, 2.75) is 12.8 Å². The molecule has 0 bridgehead atoms. The van der Waals surface area contributed by atoms with Crippen LogP contribution in [0.15, 0.2) is 64.7 Å². The first-order chi connectivity index (χ1) is 13.9. The molecule has 2 aromatic carbocycles. The zero-order chi connectivity index (χ0) is 20.6. The van der Waals surface area contributed by atoms with E-state index < -0.39 is 10.2 Å². The summed E-state index contributed by atoms with van der Waals surface area (Å²) in [5.41, 5.74) is 2.63. The number of allylic oxidation sites excluding steroid dienone is 1. The molecule has 0 atom stereocenters. The molecule has 4 rings (SSSR count). The molecule has 0 aliphatic carbocycles. The van der Waals surface area contributed by atoms with E-state index >= 15 is 0 Å². The van der Waals surface area contributed by atoms with Crippen molar-refractivity contribution in [3.63, 3.8) is 0 Å². The van der Waals surface area contributed by atoms with Gasteiger partial charge in [-0.25, -0.2) is 4.31 Å². The average molecular weight is 411 g/mol. The van der Waals surface area contributed by atoms with Crippen molar-refractivity contribution in [2.75, 3.05) is 25.6 Å². The van der Waals surface area contributed by atoms with E-state index in [1.165, 1.54) is 20.2 Å². The Bertz CT molecular complexity index is 1140. The second-order valence-corrected chi connectivity index (χ2v) is 8.47. The molecule has 150 valence electrons. The Hall–Kier alpha value is -3.13. The van der Waals surface area contributed by atoms with Crippen molar-refractivity contribution in [3.8, 4) is 5.75 Å². The number of nitrogens with zero attached hydrogens (tertiary/aromatic N) is 3. The van der Waals surface area contributed by atoms with Gasteiger partial charge >= 0.3 is 10.2 Å². The largest absolute Gasteiger partial charge is 0.496 e. The van der Waals surface area contributed by atoms with Crippen LogP contribution in [0.5, 0.6) is 5.75 Å². The van der Waals surface area contributed by atoms with E-state index in [0.717, 1.165) is 28.4 Å². The van der Waals surface area contributed by atoms with Crippen molar-refractivity contribution >= 4 is 27.5 Å². The minimum atomic E-state index is -4.04. The van der Waals surface area contributed by atoms with Crippen LogP contribution >= 0.6 is 0 Å². The van der Waals surface area contributed by atoms with Crippen LogP contribution in [0.25, 0.3) is 0 Å². The predicted molar refractivity (Wildman–Crippen MR) is 111 cm³/mol. The van der Waals surface area contributed by atoms with Gasteiger partial charge in [0.25, 0.3) is 5.91 Å². The number of fused-ring (bicyclic) bond motifs is 1. The van der Waals surface area contributed by atoms with Gasteiger partial charge in [0.2, 0.25) is 0 Å². The first-order valence-corrected chi connectivity index (χ1v) is 10.7. The number of methoxy groups -OCH3 is 1. The van der Waals surface area contributed by atoms with Gasteiger partial charge in [0.1, 0.15) is 11.4 Å². The lowest BCUT2D eigenvalue weighted by molar-refractivity contribution is -0.116. The Morgan fingerprint density at radius 1 is 1.10 bits per heavy atom. The van der Waals surface area contributed by atoms with Crippen molar-refractivity contribution in [1.29, 1.82) is 0 Å². The molecule has 1 amide bonds.